The second-order valence-electron chi connectivity index (χ2n) is 7.92. The fourth-order valence-electron chi connectivity index (χ4n) is 4.33. The molecule has 1 saturated carbocycles. The van der Waals surface area contributed by atoms with Crippen LogP contribution in [0, 0.1) is 13.8 Å². The van der Waals surface area contributed by atoms with Crippen LogP contribution in [0.5, 0.6) is 0 Å². The fraction of sp³-hybridized carbons (Fsp3) is 0.667. The van der Waals surface area contributed by atoms with Gasteiger partial charge < -0.3 is 15.1 Å². The molecule has 1 aliphatic carbocycles. The zero-order valence-corrected chi connectivity index (χ0v) is 16.9. The van der Waals surface area contributed by atoms with Gasteiger partial charge in [0.2, 0.25) is 0 Å². The molecule has 1 aromatic rings. The summed E-state index contributed by atoms with van der Waals surface area (Å²) in [5.41, 5.74) is 3.66. The van der Waals surface area contributed by atoms with Gasteiger partial charge in [0, 0.05) is 30.9 Å². The van der Waals surface area contributed by atoms with E-state index in [9.17, 15) is 0 Å². The summed E-state index contributed by atoms with van der Waals surface area (Å²) in [7, 11) is 2.35. The molecule has 1 saturated heterocycles. The summed E-state index contributed by atoms with van der Waals surface area (Å²) in [6, 6.07) is 8.03. The predicted molar refractivity (Wildman–Crippen MR) is 111 cm³/mol. The van der Waals surface area contributed by atoms with Gasteiger partial charge in [-0.1, -0.05) is 31.4 Å². The van der Waals surface area contributed by atoms with Crippen LogP contribution in [0.4, 0.5) is 5.69 Å². The lowest BCUT2D eigenvalue weighted by Crippen LogP contribution is -2.49. The largest absolute Gasteiger partial charge is 0.349 e. The van der Waals surface area contributed by atoms with Crippen LogP contribution >= 0.6 is 12.2 Å². The molecule has 4 heteroatoms. The lowest BCUT2D eigenvalue weighted by molar-refractivity contribution is 0.0985. The number of thiocarbonyl (C=S) groups is 1. The van der Waals surface area contributed by atoms with Crippen molar-refractivity contribution >= 4 is 23.0 Å². The van der Waals surface area contributed by atoms with Crippen LogP contribution in [0.2, 0.25) is 0 Å². The predicted octanol–water partition coefficient (Wildman–Crippen LogP) is 4.73. The molecule has 0 spiro atoms. The molecule has 138 valence electrons. The Bertz CT molecular complexity index is 587. The quantitative estimate of drug-likeness (QED) is 0.786. The van der Waals surface area contributed by atoms with E-state index in [4.69, 9.17) is 12.2 Å². The van der Waals surface area contributed by atoms with Gasteiger partial charge in [-0.2, -0.15) is 0 Å². The number of rotatable bonds is 3. The lowest BCUT2D eigenvalue weighted by atomic mass is 9.92. The van der Waals surface area contributed by atoms with Gasteiger partial charge in [-0.25, -0.2) is 0 Å². The van der Waals surface area contributed by atoms with E-state index in [0.717, 1.165) is 36.0 Å². The Kier molecular flexibility index (Phi) is 6.34. The molecule has 2 fully saturated rings. The first-order valence-corrected chi connectivity index (χ1v) is 10.3. The zero-order valence-electron chi connectivity index (χ0n) is 16.1. The molecule has 1 aliphatic heterocycles. The van der Waals surface area contributed by atoms with Crippen molar-refractivity contribution in [1.29, 1.82) is 0 Å². The zero-order chi connectivity index (χ0) is 17.8. The molecule has 0 bridgehead atoms. The van der Waals surface area contributed by atoms with E-state index in [-0.39, 0.29) is 0 Å². The summed E-state index contributed by atoms with van der Waals surface area (Å²) in [4.78, 5) is 5.03. The van der Waals surface area contributed by atoms with Crippen LogP contribution in [0.3, 0.4) is 0 Å². The average molecular weight is 360 g/mol. The Hall–Kier alpha value is -1.13. The van der Waals surface area contributed by atoms with Crippen molar-refractivity contribution in [1.82, 2.24) is 9.80 Å². The summed E-state index contributed by atoms with van der Waals surface area (Å²) in [6.07, 6.45) is 9.49. The van der Waals surface area contributed by atoms with E-state index in [1.165, 1.54) is 56.1 Å². The van der Waals surface area contributed by atoms with Crippen molar-refractivity contribution < 1.29 is 0 Å². The molecular formula is C21H33N3S. The minimum atomic E-state index is 0.725. The normalized spacial score (nSPS) is 20.1. The van der Waals surface area contributed by atoms with Crippen molar-refractivity contribution in [3.63, 3.8) is 0 Å². The first-order valence-electron chi connectivity index (χ1n) is 9.89. The number of nitrogens with zero attached hydrogens (tertiary/aromatic N) is 2. The highest BCUT2D eigenvalue weighted by molar-refractivity contribution is 7.80. The van der Waals surface area contributed by atoms with Crippen molar-refractivity contribution in [2.75, 3.05) is 25.5 Å². The summed E-state index contributed by atoms with van der Waals surface area (Å²) in [5.74, 6) is 0. The van der Waals surface area contributed by atoms with E-state index in [1.807, 2.05) is 0 Å². The Morgan fingerprint density at radius 1 is 1.04 bits per heavy atom. The third kappa shape index (κ3) is 4.73. The van der Waals surface area contributed by atoms with Crippen LogP contribution in [0.1, 0.15) is 56.1 Å². The maximum atomic E-state index is 5.69. The smallest absolute Gasteiger partial charge is 0.173 e. The Balaban J connectivity index is 1.51. The number of benzene rings is 1. The number of piperidine rings is 1. The number of nitrogens with one attached hydrogen (secondary N) is 1. The molecule has 3 nitrogen and oxygen atoms in total. The molecular weight excluding hydrogens is 326 g/mol. The van der Waals surface area contributed by atoms with Crippen molar-refractivity contribution in [3.05, 3.63) is 29.3 Å². The van der Waals surface area contributed by atoms with Crippen LogP contribution < -0.4 is 5.32 Å². The average Bonchev–Trinajstić information content (AvgIpc) is 2.65. The highest BCUT2D eigenvalue weighted by Crippen LogP contribution is 2.26. The maximum Gasteiger partial charge on any atom is 0.173 e. The number of hydrogen-bond acceptors (Lipinski definition) is 2. The van der Waals surface area contributed by atoms with Crippen LogP contribution in [0.25, 0.3) is 0 Å². The lowest BCUT2D eigenvalue weighted by Gasteiger charge is -2.42. The van der Waals surface area contributed by atoms with Gasteiger partial charge in [-0.3, -0.25) is 0 Å². The molecule has 1 aromatic carbocycles. The first-order chi connectivity index (χ1) is 12.0. The molecule has 2 aliphatic rings. The van der Waals surface area contributed by atoms with E-state index < -0.39 is 0 Å². The molecule has 25 heavy (non-hydrogen) atoms. The number of likely N-dealkylation sites (tertiary alicyclic amines) is 1. The number of hydrogen-bond donors (Lipinski definition) is 1. The molecule has 0 atom stereocenters. The summed E-state index contributed by atoms with van der Waals surface area (Å²) >= 11 is 5.69. The standard InChI is InChI=1S/C21H33N3S/c1-16-9-10-17(2)20(15-16)22-21(25)24-13-11-19(12-14-24)23(3)18-7-5-4-6-8-18/h9-10,15,18-19H,4-8,11-14H2,1-3H3,(H,22,25). The van der Waals surface area contributed by atoms with Gasteiger partial charge >= 0.3 is 0 Å². The van der Waals surface area contributed by atoms with Gasteiger partial charge in [0.15, 0.2) is 5.11 Å². The third-order valence-electron chi connectivity index (χ3n) is 6.11. The van der Waals surface area contributed by atoms with Crippen molar-refractivity contribution in [2.45, 2.75) is 70.9 Å². The third-order valence-corrected chi connectivity index (χ3v) is 6.47. The van der Waals surface area contributed by atoms with Gasteiger partial charge in [0.1, 0.15) is 0 Å². The Morgan fingerprint density at radius 3 is 2.36 bits per heavy atom. The summed E-state index contributed by atoms with van der Waals surface area (Å²) in [5, 5.41) is 4.35. The number of aryl methyl sites for hydroxylation is 2. The molecule has 3 rings (SSSR count). The molecule has 1 heterocycles. The van der Waals surface area contributed by atoms with Gasteiger partial charge in [0.05, 0.1) is 0 Å². The highest BCUT2D eigenvalue weighted by Gasteiger charge is 2.28. The molecule has 0 radical (unpaired) electrons. The fourth-order valence-corrected chi connectivity index (χ4v) is 4.62. The molecule has 0 aromatic heterocycles. The van der Waals surface area contributed by atoms with Gasteiger partial charge in [0.25, 0.3) is 0 Å². The van der Waals surface area contributed by atoms with E-state index in [2.05, 4.69) is 54.2 Å². The van der Waals surface area contributed by atoms with Crippen molar-refractivity contribution in [3.8, 4) is 0 Å². The minimum absolute atomic E-state index is 0.725. The topological polar surface area (TPSA) is 18.5 Å². The van der Waals surface area contributed by atoms with E-state index in [1.54, 1.807) is 0 Å². The molecule has 0 unspecified atom stereocenters. The SMILES string of the molecule is Cc1ccc(C)c(NC(=S)N2CCC(N(C)C3CCCCC3)CC2)c1. The number of anilines is 1. The van der Waals surface area contributed by atoms with Gasteiger partial charge in [-0.05, 0) is 76.0 Å². The van der Waals surface area contributed by atoms with Crippen LogP contribution in [0.15, 0.2) is 18.2 Å². The van der Waals surface area contributed by atoms with Crippen molar-refractivity contribution in [2.24, 2.45) is 0 Å². The summed E-state index contributed by atoms with van der Waals surface area (Å²) < 4.78 is 0. The van der Waals surface area contributed by atoms with Crippen LogP contribution in [-0.4, -0.2) is 47.1 Å². The highest BCUT2D eigenvalue weighted by atomic mass is 32.1. The second-order valence-corrected chi connectivity index (χ2v) is 8.31. The molecule has 1 N–H and O–H groups in total. The molecule has 0 amide bonds. The Morgan fingerprint density at radius 2 is 1.68 bits per heavy atom. The monoisotopic (exact) mass is 359 g/mol. The van der Waals surface area contributed by atoms with Crippen LogP contribution in [-0.2, 0) is 0 Å². The maximum absolute atomic E-state index is 5.69. The van der Waals surface area contributed by atoms with Gasteiger partial charge in [-0.15, -0.1) is 0 Å². The Labute approximate surface area is 158 Å². The van der Waals surface area contributed by atoms with E-state index in [0.29, 0.717) is 0 Å². The second kappa shape index (κ2) is 8.50. The minimum Gasteiger partial charge on any atom is -0.349 e. The van der Waals surface area contributed by atoms with E-state index >= 15 is 0 Å². The first kappa shape index (κ1) is 18.7. The summed E-state index contributed by atoms with van der Waals surface area (Å²) in [6.45, 7) is 6.40.